The van der Waals surface area contributed by atoms with E-state index in [4.69, 9.17) is 9.47 Å². The zero-order valence-electron chi connectivity index (χ0n) is 18.9. The number of H-pyrrole nitrogens is 2. The van der Waals surface area contributed by atoms with E-state index in [-0.39, 0.29) is 11.1 Å². The van der Waals surface area contributed by atoms with E-state index >= 15 is 0 Å². The minimum atomic E-state index is -0.275. The van der Waals surface area contributed by atoms with Gasteiger partial charge in [0.25, 0.3) is 11.1 Å². The molecule has 0 amide bonds. The van der Waals surface area contributed by atoms with Gasteiger partial charge in [-0.3, -0.25) is 9.59 Å². The summed E-state index contributed by atoms with van der Waals surface area (Å²) in [6.45, 7) is 2.00. The summed E-state index contributed by atoms with van der Waals surface area (Å²) in [6.07, 6.45) is 0.554. The molecule has 0 spiro atoms. The number of benzene rings is 3. The molecule has 0 radical (unpaired) electrons. The molecule has 0 aliphatic carbocycles. The average molecular weight is 454 g/mol. The first kappa shape index (κ1) is 21.4. The van der Waals surface area contributed by atoms with E-state index < -0.39 is 0 Å². The molecule has 8 heteroatoms. The standard InChI is InChI=1S/C26H22N4O4/c1-14-10-16(24-27-23-20(25(31)28-24)12-17(33-2)13-22(23)34-3)9-8-15(14)11-21-18-6-4-5-7-19(18)26(32)30-29-21/h4-10,12-13H,11H2,1-3H3,(H,30,32)(H,27,28,31). The monoisotopic (exact) mass is 454 g/mol. The Bertz CT molecular complexity index is 1670. The van der Waals surface area contributed by atoms with Gasteiger partial charge in [-0.15, -0.1) is 0 Å². The summed E-state index contributed by atoms with van der Waals surface area (Å²) in [6, 6.07) is 16.7. The maximum Gasteiger partial charge on any atom is 0.272 e. The Kier molecular flexibility index (Phi) is 5.33. The molecule has 8 nitrogen and oxygen atoms in total. The number of methoxy groups -OCH3 is 2. The van der Waals surface area contributed by atoms with Crippen molar-refractivity contribution in [3.8, 4) is 22.9 Å². The highest BCUT2D eigenvalue weighted by Crippen LogP contribution is 2.30. The topological polar surface area (TPSA) is 110 Å². The van der Waals surface area contributed by atoms with Gasteiger partial charge in [0.1, 0.15) is 22.8 Å². The van der Waals surface area contributed by atoms with Gasteiger partial charge in [-0.2, -0.15) is 5.10 Å². The molecule has 0 unspecified atom stereocenters. The third-order valence-corrected chi connectivity index (χ3v) is 5.95. The Balaban J connectivity index is 1.55. The van der Waals surface area contributed by atoms with Gasteiger partial charge >= 0.3 is 0 Å². The van der Waals surface area contributed by atoms with E-state index in [1.54, 1.807) is 18.2 Å². The molecule has 0 aliphatic heterocycles. The Labute approximate surface area is 194 Å². The van der Waals surface area contributed by atoms with Crippen LogP contribution < -0.4 is 20.6 Å². The predicted molar refractivity (Wildman–Crippen MR) is 131 cm³/mol. The number of aromatic amines is 2. The first-order valence-electron chi connectivity index (χ1n) is 10.7. The van der Waals surface area contributed by atoms with Crippen LogP contribution in [-0.4, -0.2) is 34.4 Å². The highest BCUT2D eigenvalue weighted by Gasteiger charge is 2.14. The molecule has 5 rings (SSSR count). The van der Waals surface area contributed by atoms with Crippen molar-refractivity contribution in [1.82, 2.24) is 20.2 Å². The van der Waals surface area contributed by atoms with Crippen LogP contribution in [0.2, 0.25) is 0 Å². The number of hydrogen-bond donors (Lipinski definition) is 2. The van der Waals surface area contributed by atoms with Crippen LogP contribution in [0.15, 0.2) is 64.2 Å². The van der Waals surface area contributed by atoms with E-state index in [1.807, 2.05) is 43.3 Å². The molecule has 3 aromatic carbocycles. The van der Waals surface area contributed by atoms with E-state index in [2.05, 4.69) is 20.2 Å². The number of rotatable bonds is 5. The van der Waals surface area contributed by atoms with Gasteiger partial charge in [-0.25, -0.2) is 10.1 Å². The lowest BCUT2D eigenvalue weighted by Crippen LogP contribution is -2.12. The molecule has 2 heterocycles. The van der Waals surface area contributed by atoms with Crippen molar-refractivity contribution in [2.45, 2.75) is 13.3 Å². The normalized spacial score (nSPS) is 11.1. The number of nitrogens with zero attached hydrogens (tertiary/aromatic N) is 2. The Hall–Kier alpha value is -4.46. The van der Waals surface area contributed by atoms with Crippen LogP contribution in [-0.2, 0) is 6.42 Å². The number of aryl methyl sites for hydroxylation is 1. The Morgan fingerprint density at radius 1 is 0.882 bits per heavy atom. The first-order valence-corrected chi connectivity index (χ1v) is 10.7. The number of hydrogen-bond acceptors (Lipinski definition) is 6. The number of aromatic nitrogens is 4. The van der Waals surface area contributed by atoms with Gasteiger partial charge in [-0.1, -0.05) is 30.3 Å². The number of nitrogens with one attached hydrogen (secondary N) is 2. The van der Waals surface area contributed by atoms with Crippen LogP contribution in [0.3, 0.4) is 0 Å². The predicted octanol–water partition coefficient (Wildman–Crippen LogP) is 3.74. The van der Waals surface area contributed by atoms with Crippen LogP contribution in [0, 0.1) is 6.92 Å². The number of ether oxygens (including phenoxy) is 2. The zero-order chi connectivity index (χ0) is 23.8. The van der Waals surface area contributed by atoms with E-state index in [9.17, 15) is 9.59 Å². The maximum absolute atomic E-state index is 12.8. The van der Waals surface area contributed by atoms with Crippen molar-refractivity contribution in [2.75, 3.05) is 14.2 Å². The molecule has 0 atom stereocenters. The minimum Gasteiger partial charge on any atom is -0.497 e. The van der Waals surface area contributed by atoms with E-state index in [0.717, 1.165) is 27.8 Å². The highest BCUT2D eigenvalue weighted by molar-refractivity contribution is 5.87. The van der Waals surface area contributed by atoms with Crippen LogP contribution in [0.4, 0.5) is 0 Å². The van der Waals surface area contributed by atoms with Crippen molar-refractivity contribution in [1.29, 1.82) is 0 Å². The fourth-order valence-electron chi connectivity index (χ4n) is 4.12. The molecule has 0 saturated heterocycles. The molecule has 170 valence electrons. The second-order valence-electron chi connectivity index (χ2n) is 8.00. The molecule has 0 saturated carbocycles. The molecule has 2 aromatic heterocycles. The summed E-state index contributed by atoms with van der Waals surface area (Å²) in [5.41, 5.74) is 3.62. The largest absolute Gasteiger partial charge is 0.497 e. The second-order valence-corrected chi connectivity index (χ2v) is 8.00. The maximum atomic E-state index is 12.8. The van der Waals surface area contributed by atoms with Gasteiger partial charge in [0.2, 0.25) is 0 Å². The minimum absolute atomic E-state index is 0.203. The van der Waals surface area contributed by atoms with Crippen LogP contribution in [0.5, 0.6) is 11.5 Å². The van der Waals surface area contributed by atoms with Gasteiger partial charge in [0.05, 0.1) is 30.7 Å². The van der Waals surface area contributed by atoms with Crippen LogP contribution >= 0.6 is 0 Å². The summed E-state index contributed by atoms with van der Waals surface area (Å²) in [5.74, 6) is 1.43. The SMILES string of the molecule is COc1cc(OC)c2nc(-c3ccc(Cc4n[nH]c(=O)c5ccccc45)c(C)c3)[nH]c(=O)c2c1. The van der Waals surface area contributed by atoms with Crippen molar-refractivity contribution < 1.29 is 9.47 Å². The van der Waals surface area contributed by atoms with Crippen LogP contribution in [0.1, 0.15) is 16.8 Å². The first-order chi connectivity index (χ1) is 16.5. The summed E-state index contributed by atoms with van der Waals surface area (Å²) >= 11 is 0. The quantitative estimate of drug-likeness (QED) is 0.419. The van der Waals surface area contributed by atoms with Gasteiger partial charge in [0, 0.05) is 23.4 Å². The second kappa shape index (κ2) is 8.47. The van der Waals surface area contributed by atoms with E-state index in [1.165, 1.54) is 14.2 Å². The molecule has 34 heavy (non-hydrogen) atoms. The third-order valence-electron chi connectivity index (χ3n) is 5.95. The number of fused-ring (bicyclic) bond motifs is 2. The molecule has 0 fully saturated rings. The van der Waals surface area contributed by atoms with Crippen LogP contribution in [0.25, 0.3) is 33.1 Å². The lowest BCUT2D eigenvalue weighted by atomic mass is 9.98. The molecule has 5 aromatic rings. The summed E-state index contributed by atoms with van der Waals surface area (Å²) in [7, 11) is 3.07. The highest BCUT2D eigenvalue weighted by atomic mass is 16.5. The summed E-state index contributed by atoms with van der Waals surface area (Å²) < 4.78 is 10.7. The lowest BCUT2D eigenvalue weighted by molar-refractivity contribution is 0.397. The van der Waals surface area contributed by atoms with Gasteiger partial charge < -0.3 is 14.5 Å². The van der Waals surface area contributed by atoms with Crippen molar-refractivity contribution in [3.05, 3.63) is 92.1 Å². The molecular weight excluding hydrogens is 432 g/mol. The fourth-order valence-corrected chi connectivity index (χ4v) is 4.12. The molecule has 0 bridgehead atoms. The Morgan fingerprint density at radius 3 is 2.41 bits per heavy atom. The zero-order valence-corrected chi connectivity index (χ0v) is 18.9. The molecular formula is C26H22N4O4. The summed E-state index contributed by atoms with van der Waals surface area (Å²) in [5, 5.41) is 8.71. The van der Waals surface area contributed by atoms with Gasteiger partial charge in [0.15, 0.2) is 0 Å². The lowest BCUT2D eigenvalue weighted by Gasteiger charge is -2.11. The van der Waals surface area contributed by atoms with Gasteiger partial charge in [-0.05, 0) is 36.2 Å². The van der Waals surface area contributed by atoms with Crippen molar-refractivity contribution in [3.63, 3.8) is 0 Å². The fraction of sp³-hybridized carbons (Fsp3) is 0.154. The summed E-state index contributed by atoms with van der Waals surface area (Å²) in [4.78, 5) is 32.4. The van der Waals surface area contributed by atoms with Crippen molar-refractivity contribution >= 4 is 21.7 Å². The Morgan fingerprint density at radius 2 is 1.68 bits per heavy atom. The average Bonchev–Trinajstić information content (AvgIpc) is 2.86. The van der Waals surface area contributed by atoms with E-state index in [0.29, 0.717) is 40.0 Å². The third kappa shape index (κ3) is 3.69. The smallest absolute Gasteiger partial charge is 0.272 e. The van der Waals surface area contributed by atoms with Crippen molar-refractivity contribution in [2.24, 2.45) is 0 Å². The molecule has 0 aliphatic rings. The molecule has 2 N–H and O–H groups in total.